The lowest BCUT2D eigenvalue weighted by atomic mass is 9.79. The summed E-state index contributed by atoms with van der Waals surface area (Å²) in [6.45, 7) is 11.7. The molecule has 1 amide bonds. The Morgan fingerprint density at radius 2 is 1.47 bits per heavy atom. The lowest BCUT2D eigenvalue weighted by molar-refractivity contribution is -0.0276. The summed E-state index contributed by atoms with van der Waals surface area (Å²) >= 11 is 0. The largest absolute Gasteiger partial charge is 0.383 e. The van der Waals surface area contributed by atoms with E-state index in [1.165, 1.54) is 83.6 Å². The summed E-state index contributed by atoms with van der Waals surface area (Å²) in [4.78, 5) is 18.8. The molecule has 2 heterocycles. The molecule has 1 aliphatic heterocycles. The number of unbranched alkanes of at least 4 members (excludes halogenated alkanes) is 9. The van der Waals surface area contributed by atoms with Gasteiger partial charge in [0.05, 0.1) is 5.56 Å². The maximum absolute atomic E-state index is 12.1. The number of nitrogens with two attached hydrogens (primary N) is 1. The highest BCUT2D eigenvalue weighted by molar-refractivity contribution is 5.98. The fourth-order valence-corrected chi connectivity index (χ4v) is 5.36. The van der Waals surface area contributed by atoms with E-state index >= 15 is 0 Å². The average Bonchev–Trinajstić information content (AvgIpc) is 2.72. The van der Waals surface area contributed by atoms with Crippen LogP contribution < -0.4 is 11.1 Å². The van der Waals surface area contributed by atoms with Gasteiger partial charge in [-0.15, -0.1) is 0 Å². The number of aromatic nitrogens is 1. The van der Waals surface area contributed by atoms with Crippen molar-refractivity contribution < 1.29 is 4.79 Å². The molecule has 1 aromatic rings. The zero-order valence-electron chi connectivity index (χ0n) is 21.2. The molecule has 1 saturated heterocycles. The molecule has 0 atom stereocenters. The topological polar surface area (TPSA) is 71.2 Å². The molecule has 182 valence electrons. The van der Waals surface area contributed by atoms with Gasteiger partial charge in [0.25, 0.3) is 5.91 Å². The van der Waals surface area contributed by atoms with Crippen LogP contribution in [0.4, 0.5) is 5.82 Å². The number of hydrogen-bond acceptors (Lipinski definition) is 4. The summed E-state index contributed by atoms with van der Waals surface area (Å²) in [6, 6.07) is 3.45. The minimum atomic E-state index is -0.122. The molecular formula is C27H48N4O. The molecule has 0 radical (unpaired) electrons. The molecule has 1 aromatic heterocycles. The lowest BCUT2D eigenvalue weighted by Crippen LogP contribution is -2.58. The molecule has 5 nitrogen and oxygen atoms in total. The van der Waals surface area contributed by atoms with Gasteiger partial charge in [0, 0.05) is 23.8 Å². The third kappa shape index (κ3) is 8.73. The molecule has 1 aliphatic rings. The zero-order chi connectivity index (χ0) is 23.5. The maximum atomic E-state index is 12.1. The number of nitrogens with one attached hydrogen (secondary N) is 1. The normalized spacial score (nSPS) is 17.9. The van der Waals surface area contributed by atoms with Gasteiger partial charge in [-0.05, 0) is 78.5 Å². The van der Waals surface area contributed by atoms with Crippen LogP contribution in [-0.2, 0) is 0 Å². The molecule has 5 heteroatoms. The van der Waals surface area contributed by atoms with Crippen molar-refractivity contribution >= 4 is 11.7 Å². The van der Waals surface area contributed by atoms with Gasteiger partial charge in [-0.1, -0.05) is 51.4 Å². The van der Waals surface area contributed by atoms with E-state index in [-0.39, 0.29) is 5.91 Å². The maximum Gasteiger partial charge on any atom is 0.255 e. The second kappa shape index (κ2) is 13.2. The Morgan fingerprint density at radius 1 is 0.938 bits per heavy atom. The molecular weight excluding hydrogens is 396 g/mol. The fourth-order valence-electron chi connectivity index (χ4n) is 5.36. The first-order valence-corrected chi connectivity index (χ1v) is 13.0. The SMILES string of the molecule is CC1(C)CCCC(C)(C)N1CCCCCCCCCCCCNC(=O)c1cccnc1N. The van der Waals surface area contributed by atoms with Crippen molar-refractivity contribution in [2.45, 2.75) is 122 Å². The molecule has 2 rings (SSSR count). The predicted molar refractivity (Wildman–Crippen MR) is 136 cm³/mol. The first kappa shape index (κ1) is 26.6. The first-order valence-electron chi connectivity index (χ1n) is 13.0. The monoisotopic (exact) mass is 444 g/mol. The first-order chi connectivity index (χ1) is 15.2. The number of pyridine rings is 1. The van der Waals surface area contributed by atoms with Crippen LogP contribution in [0.15, 0.2) is 18.3 Å². The molecule has 32 heavy (non-hydrogen) atoms. The van der Waals surface area contributed by atoms with E-state index in [9.17, 15) is 4.79 Å². The summed E-state index contributed by atoms with van der Waals surface area (Å²) in [5.41, 5.74) is 6.92. The minimum Gasteiger partial charge on any atom is -0.383 e. The number of hydrogen-bond donors (Lipinski definition) is 2. The number of nitrogen functional groups attached to an aromatic ring is 1. The van der Waals surface area contributed by atoms with Gasteiger partial charge in [0.2, 0.25) is 0 Å². The van der Waals surface area contributed by atoms with E-state index in [0.717, 1.165) is 6.42 Å². The van der Waals surface area contributed by atoms with E-state index < -0.39 is 0 Å². The Labute approximate surface area is 196 Å². The van der Waals surface area contributed by atoms with Gasteiger partial charge in [0.15, 0.2) is 0 Å². The molecule has 0 unspecified atom stereocenters. The number of carbonyl (C=O) groups excluding carboxylic acids is 1. The molecule has 0 bridgehead atoms. The second-order valence-electron chi connectivity index (χ2n) is 10.9. The predicted octanol–water partition coefficient (Wildman–Crippen LogP) is 6.34. The van der Waals surface area contributed by atoms with Gasteiger partial charge in [-0.3, -0.25) is 9.69 Å². The van der Waals surface area contributed by atoms with Crippen molar-refractivity contribution in [3.8, 4) is 0 Å². The molecule has 0 spiro atoms. The van der Waals surface area contributed by atoms with Crippen molar-refractivity contribution in [2.75, 3.05) is 18.8 Å². The number of rotatable bonds is 14. The van der Waals surface area contributed by atoms with Crippen LogP contribution >= 0.6 is 0 Å². The number of piperidine rings is 1. The molecule has 0 saturated carbocycles. The van der Waals surface area contributed by atoms with Gasteiger partial charge in [-0.25, -0.2) is 4.98 Å². The van der Waals surface area contributed by atoms with Crippen LogP contribution in [0.2, 0.25) is 0 Å². The minimum absolute atomic E-state index is 0.122. The average molecular weight is 445 g/mol. The van der Waals surface area contributed by atoms with Gasteiger partial charge < -0.3 is 11.1 Å². The van der Waals surface area contributed by atoms with Crippen LogP contribution in [0.25, 0.3) is 0 Å². The van der Waals surface area contributed by atoms with E-state index in [2.05, 4.69) is 42.9 Å². The number of likely N-dealkylation sites (tertiary alicyclic amines) is 1. The number of carbonyl (C=O) groups is 1. The highest BCUT2D eigenvalue weighted by Crippen LogP contribution is 2.38. The van der Waals surface area contributed by atoms with Crippen molar-refractivity contribution in [2.24, 2.45) is 0 Å². The highest BCUT2D eigenvalue weighted by atomic mass is 16.1. The highest BCUT2D eigenvalue weighted by Gasteiger charge is 2.40. The van der Waals surface area contributed by atoms with Gasteiger partial charge in [-0.2, -0.15) is 0 Å². The molecule has 1 fully saturated rings. The van der Waals surface area contributed by atoms with E-state index in [0.29, 0.717) is 29.0 Å². The van der Waals surface area contributed by atoms with Crippen LogP contribution in [0.1, 0.15) is 122 Å². The van der Waals surface area contributed by atoms with Crippen molar-refractivity contribution in [1.29, 1.82) is 0 Å². The number of amides is 1. The second-order valence-corrected chi connectivity index (χ2v) is 10.9. The van der Waals surface area contributed by atoms with Crippen LogP contribution in [0, 0.1) is 0 Å². The summed E-state index contributed by atoms with van der Waals surface area (Å²) < 4.78 is 0. The standard InChI is InChI=1S/C27H48N4O/c1-26(2)18-16-19-27(3,4)31(26)22-14-12-10-8-6-5-7-9-11-13-20-30-25(32)23-17-15-21-29-24(23)28/h15,17,21H,5-14,16,18-20,22H2,1-4H3,(H2,28,29)(H,30,32). The van der Waals surface area contributed by atoms with E-state index in [4.69, 9.17) is 5.73 Å². The lowest BCUT2D eigenvalue weighted by Gasteiger charge is -2.53. The Bertz CT molecular complexity index is 670. The summed E-state index contributed by atoms with van der Waals surface area (Å²) in [5.74, 6) is 0.173. The van der Waals surface area contributed by atoms with E-state index in [1.807, 2.05) is 0 Å². The zero-order valence-corrected chi connectivity index (χ0v) is 21.2. The number of anilines is 1. The van der Waals surface area contributed by atoms with Crippen LogP contribution in [0.3, 0.4) is 0 Å². The summed E-state index contributed by atoms with van der Waals surface area (Å²) in [5, 5.41) is 2.94. The van der Waals surface area contributed by atoms with Crippen LogP contribution in [0.5, 0.6) is 0 Å². The smallest absolute Gasteiger partial charge is 0.255 e. The van der Waals surface area contributed by atoms with Crippen LogP contribution in [-0.4, -0.2) is 40.0 Å². The Morgan fingerprint density at radius 3 is 2.03 bits per heavy atom. The van der Waals surface area contributed by atoms with Crippen molar-refractivity contribution in [3.05, 3.63) is 23.9 Å². The molecule has 0 aliphatic carbocycles. The summed E-state index contributed by atoms with van der Waals surface area (Å²) in [7, 11) is 0. The Hall–Kier alpha value is -1.62. The Balaban J connectivity index is 1.41. The van der Waals surface area contributed by atoms with Crippen molar-refractivity contribution in [3.63, 3.8) is 0 Å². The van der Waals surface area contributed by atoms with Gasteiger partial charge >= 0.3 is 0 Å². The molecule has 0 aromatic carbocycles. The Kier molecular flexibility index (Phi) is 11.0. The van der Waals surface area contributed by atoms with E-state index in [1.54, 1.807) is 18.3 Å². The molecule has 3 N–H and O–H groups in total. The summed E-state index contributed by atoms with van der Waals surface area (Å²) in [6.07, 6.45) is 18.5. The number of nitrogens with zero attached hydrogens (tertiary/aromatic N) is 2. The van der Waals surface area contributed by atoms with Gasteiger partial charge in [0.1, 0.15) is 5.82 Å². The fraction of sp³-hybridized carbons (Fsp3) is 0.778. The third-order valence-corrected chi connectivity index (χ3v) is 7.22. The third-order valence-electron chi connectivity index (χ3n) is 7.22. The quantitative estimate of drug-likeness (QED) is 0.329. The van der Waals surface area contributed by atoms with Crippen molar-refractivity contribution in [1.82, 2.24) is 15.2 Å².